The van der Waals surface area contributed by atoms with E-state index in [0.717, 1.165) is 16.9 Å². The van der Waals surface area contributed by atoms with Crippen LogP contribution in [0, 0.1) is 6.92 Å². The number of para-hydroxylation sites is 1. The zero-order valence-corrected chi connectivity index (χ0v) is 19.9. The molecular weight excluding hydrogens is 420 g/mol. The van der Waals surface area contributed by atoms with Gasteiger partial charge in [-0.25, -0.2) is 4.68 Å². The highest BCUT2D eigenvalue weighted by Crippen LogP contribution is 2.27. The lowest BCUT2D eigenvalue weighted by Gasteiger charge is -2.14. The minimum atomic E-state index is -0.412. The van der Waals surface area contributed by atoms with Crippen LogP contribution in [0.25, 0.3) is 5.69 Å². The molecule has 2 aromatic carbocycles. The molecule has 3 aromatic rings. The summed E-state index contributed by atoms with van der Waals surface area (Å²) >= 11 is 0. The molecule has 2 amide bonds. The fourth-order valence-electron chi connectivity index (χ4n) is 3.21. The van der Waals surface area contributed by atoms with Crippen molar-refractivity contribution in [2.24, 2.45) is 0 Å². The van der Waals surface area contributed by atoms with Crippen LogP contribution in [-0.2, 0) is 10.2 Å². The Bertz CT molecular complexity index is 1140. The number of benzene rings is 2. The quantitative estimate of drug-likeness (QED) is 0.570. The summed E-state index contributed by atoms with van der Waals surface area (Å²) in [5.74, 6) is 0.733. The molecule has 3 rings (SSSR count). The van der Waals surface area contributed by atoms with E-state index < -0.39 is 5.91 Å². The summed E-state index contributed by atoms with van der Waals surface area (Å²) in [5, 5.41) is 10.2. The van der Waals surface area contributed by atoms with E-state index in [1.807, 2.05) is 37.3 Å². The maximum atomic E-state index is 12.7. The molecule has 174 valence electrons. The van der Waals surface area contributed by atoms with Gasteiger partial charge in [0.15, 0.2) is 0 Å². The van der Waals surface area contributed by atoms with Crippen LogP contribution in [0.1, 0.15) is 42.4 Å². The SMILES string of the molecule is COc1cc(OC)cc(C(=O)NCC(=O)Nc2cc(C(C)(C)C)nn2-c2ccccc2C)c1. The number of ether oxygens (including phenoxy) is 2. The highest BCUT2D eigenvalue weighted by atomic mass is 16.5. The topological polar surface area (TPSA) is 94.5 Å². The molecule has 33 heavy (non-hydrogen) atoms. The molecule has 8 nitrogen and oxygen atoms in total. The van der Waals surface area contributed by atoms with Crippen LogP contribution >= 0.6 is 0 Å². The van der Waals surface area contributed by atoms with Crippen LogP contribution in [0.2, 0.25) is 0 Å². The van der Waals surface area contributed by atoms with E-state index in [9.17, 15) is 9.59 Å². The minimum absolute atomic E-state index is 0.201. The monoisotopic (exact) mass is 450 g/mol. The van der Waals surface area contributed by atoms with Crippen LogP contribution in [0.3, 0.4) is 0 Å². The first-order valence-electron chi connectivity index (χ1n) is 10.6. The molecule has 1 heterocycles. The van der Waals surface area contributed by atoms with Gasteiger partial charge in [-0.3, -0.25) is 9.59 Å². The third-order valence-electron chi connectivity index (χ3n) is 5.11. The van der Waals surface area contributed by atoms with Gasteiger partial charge in [0.05, 0.1) is 32.1 Å². The number of nitrogens with zero attached hydrogens (tertiary/aromatic N) is 2. The van der Waals surface area contributed by atoms with Crippen molar-refractivity contribution in [1.29, 1.82) is 0 Å². The summed E-state index contributed by atoms with van der Waals surface area (Å²) in [5.41, 5.74) is 2.87. The number of nitrogens with one attached hydrogen (secondary N) is 2. The number of hydrogen-bond acceptors (Lipinski definition) is 5. The van der Waals surface area contributed by atoms with Crippen molar-refractivity contribution >= 4 is 17.6 Å². The van der Waals surface area contributed by atoms with Crippen molar-refractivity contribution in [3.05, 3.63) is 65.4 Å². The molecule has 0 bridgehead atoms. The highest BCUT2D eigenvalue weighted by Gasteiger charge is 2.22. The summed E-state index contributed by atoms with van der Waals surface area (Å²) in [6.45, 7) is 7.97. The van der Waals surface area contributed by atoms with E-state index in [-0.39, 0.29) is 17.9 Å². The Morgan fingerprint density at radius 1 is 1.00 bits per heavy atom. The Hall–Kier alpha value is -3.81. The van der Waals surface area contributed by atoms with E-state index in [4.69, 9.17) is 14.6 Å². The molecule has 0 radical (unpaired) electrons. The molecule has 0 atom stereocenters. The van der Waals surface area contributed by atoms with Crippen molar-refractivity contribution in [1.82, 2.24) is 15.1 Å². The molecule has 0 spiro atoms. The number of carbonyl (C=O) groups excluding carboxylic acids is 2. The van der Waals surface area contributed by atoms with Crippen LogP contribution in [0.15, 0.2) is 48.5 Å². The minimum Gasteiger partial charge on any atom is -0.497 e. The fraction of sp³-hybridized carbons (Fsp3) is 0.320. The lowest BCUT2D eigenvalue weighted by atomic mass is 9.92. The van der Waals surface area contributed by atoms with Gasteiger partial charge in [0, 0.05) is 23.1 Å². The fourth-order valence-corrected chi connectivity index (χ4v) is 3.21. The van der Waals surface area contributed by atoms with Gasteiger partial charge < -0.3 is 20.1 Å². The number of carbonyl (C=O) groups is 2. The second-order valence-electron chi connectivity index (χ2n) is 8.70. The Morgan fingerprint density at radius 3 is 2.21 bits per heavy atom. The summed E-state index contributed by atoms with van der Waals surface area (Å²) in [4.78, 5) is 25.3. The molecule has 0 saturated carbocycles. The molecule has 8 heteroatoms. The second kappa shape index (κ2) is 9.77. The summed E-state index contributed by atoms with van der Waals surface area (Å²) in [6.07, 6.45) is 0. The first kappa shape index (κ1) is 23.8. The molecular formula is C25H30N4O4. The van der Waals surface area contributed by atoms with Crippen LogP contribution in [0.5, 0.6) is 11.5 Å². The third-order valence-corrected chi connectivity index (χ3v) is 5.11. The largest absolute Gasteiger partial charge is 0.497 e. The highest BCUT2D eigenvalue weighted by molar-refractivity contribution is 5.99. The number of methoxy groups -OCH3 is 2. The van der Waals surface area contributed by atoms with Crippen molar-refractivity contribution < 1.29 is 19.1 Å². The Balaban J connectivity index is 1.77. The van der Waals surface area contributed by atoms with Crippen molar-refractivity contribution in [2.75, 3.05) is 26.1 Å². The molecule has 0 fully saturated rings. The van der Waals surface area contributed by atoms with Gasteiger partial charge in [-0.15, -0.1) is 0 Å². The normalized spacial score (nSPS) is 11.1. The average Bonchev–Trinajstić information content (AvgIpc) is 3.21. The van der Waals surface area contributed by atoms with Crippen LogP contribution in [-0.4, -0.2) is 42.4 Å². The number of amides is 2. The number of hydrogen-bond donors (Lipinski definition) is 2. The number of aryl methyl sites for hydroxylation is 1. The molecule has 2 N–H and O–H groups in total. The Kier molecular flexibility index (Phi) is 7.06. The van der Waals surface area contributed by atoms with Gasteiger partial charge in [-0.05, 0) is 30.7 Å². The molecule has 0 unspecified atom stereocenters. The summed E-state index contributed by atoms with van der Waals surface area (Å²) in [7, 11) is 3.01. The summed E-state index contributed by atoms with van der Waals surface area (Å²) in [6, 6.07) is 14.5. The maximum absolute atomic E-state index is 12.7. The third kappa shape index (κ3) is 5.71. The lowest BCUT2D eigenvalue weighted by molar-refractivity contribution is -0.115. The van der Waals surface area contributed by atoms with E-state index in [1.54, 1.807) is 22.9 Å². The first-order valence-corrected chi connectivity index (χ1v) is 10.6. The number of rotatable bonds is 7. The molecule has 1 aromatic heterocycles. The van der Waals surface area contributed by atoms with E-state index >= 15 is 0 Å². The predicted octanol–water partition coefficient (Wildman–Crippen LogP) is 3.86. The second-order valence-corrected chi connectivity index (χ2v) is 8.70. The van der Waals surface area contributed by atoms with Crippen molar-refractivity contribution in [3.8, 4) is 17.2 Å². The van der Waals surface area contributed by atoms with Crippen LogP contribution < -0.4 is 20.1 Å². The Morgan fingerprint density at radius 2 is 1.64 bits per heavy atom. The summed E-state index contributed by atoms with van der Waals surface area (Å²) < 4.78 is 12.1. The standard InChI is InChI=1S/C25H30N4O4/c1-16-9-7-8-10-20(16)29-22(14-21(28-29)25(2,3)4)27-23(30)15-26-24(31)17-11-18(32-5)13-19(12-17)33-6/h7-14H,15H2,1-6H3,(H,26,31)(H,27,30). The van der Waals surface area contributed by atoms with E-state index in [0.29, 0.717) is 22.9 Å². The zero-order valence-electron chi connectivity index (χ0n) is 19.9. The van der Waals surface area contributed by atoms with E-state index in [2.05, 4.69) is 31.4 Å². The van der Waals surface area contributed by atoms with Crippen molar-refractivity contribution in [3.63, 3.8) is 0 Å². The van der Waals surface area contributed by atoms with Gasteiger partial charge in [-0.1, -0.05) is 39.0 Å². The van der Waals surface area contributed by atoms with Gasteiger partial charge >= 0.3 is 0 Å². The number of aromatic nitrogens is 2. The zero-order chi connectivity index (χ0) is 24.2. The van der Waals surface area contributed by atoms with Crippen LogP contribution in [0.4, 0.5) is 5.82 Å². The maximum Gasteiger partial charge on any atom is 0.251 e. The number of anilines is 1. The predicted molar refractivity (Wildman–Crippen MR) is 128 cm³/mol. The molecule has 0 aliphatic carbocycles. The first-order chi connectivity index (χ1) is 15.6. The molecule has 0 aliphatic rings. The molecule has 0 aliphatic heterocycles. The van der Waals surface area contributed by atoms with Gasteiger partial charge in [-0.2, -0.15) is 5.10 Å². The smallest absolute Gasteiger partial charge is 0.251 e. The van der Waals surface area contributed by atoms with Gasteiger partial charge in [0.25, 0.3) is 5.91 Å². The molecule has 0 saturated heterocycles. The Labute approximate surface area is 193 Å². The van der Waals surface area contributed by atoms with Gasteiger partial charge in [0.2, 0.25) is 5.91 Å². The lowest BCUT2D eigenvalue weighted by Crippen LogP contribution is -2.33. The average molecular weight is 451 g/mol. The van der Waals surface area contributed by atoms with E-state index in [1.165, 1.54) is 14.2 Å². The van der Waals surface area contributed by atoms with Gasteiger partial charge in [0.1, 0.15) is 17.3 Å². The van der Waals surface area contributed by atoms with Crippen molar-refractivity contribution in [2.45, 2.75) is 33.1 Å².